The van der Waals surface area contributed by atoms with E-state index in [-0.39, 0.29) is 11.8 Å². The van der Waals surface area contributed by atoms with Crippen LogP contribution in [0.2, 0.25) is 0 Å². The zero-order valence-electron chi connectivity index (χ0n) is 17.6. The summed E-state index contributed by atoms with van der Waals surface area (Å²) in [6, 6.07) is 15.2. The molecule has 1 atom stereocenters. The van der Waals surface area contributed by atoms with Gasteiger partial charge in [-0.05, 0) is 31.9 Å². The second-order valence-electron chi connectivity index (χ2n) is 7.93. The molecule has 7 nitrogen and oxygen atoms in total. The molecule has 31 heavy (non-hydrogen) atoms. The van der Waals surface area contributed by atoms with Crippen molar-refractivity contribution in [1.29, 1.82) is 0 Å². The molecule has 0 spiro atoms. The van der Waals surface area contributed by atoms with Crippen molar-refractivity contribution in [2.24, 2.45) is 5.41 Å². The van der Waals surface area contributed by atoms with E-state index in [1.54, 1.807) is 29.4 Å². The number of aromatic nitrogens is 2. The number of nitrogens with one attached hydrogen (secondary N) is 1. The Hall–Kier alpha value is -3.48. The molecule has 7 heteroatoms. The molecule has 1 N–H and O–H groups in total. The number of hydrogen-bond acceptors (Lipinski definition) is 5. The largest absolute Gasteiger partial charge is 0.361 e. The summed E-state index contributed by atoms with van der Waals surface area (Å²) in [5.74, 6) is 0.473. The van der Waals surface area contributed by atoms with Crippen molar-refractivity contribution < 1.29 is 14.1 Å². The minimum absolute atomic E-state index is 0.0589. The molecule has 0 bridgehead atoms. The van der Waals surface area contributed by atoms with Crippen LogP contribution in [0.4, 0.5) is 0 Å². The zero-order chi connectivity index (χ0) is 21.7. The van der Waals surface area contributed by atoms with Gasteiger partial charge in [0.1, 0.15) is 11.5 Å². The normalized spacial score (nSPS) is 18.5. The van der Waals surface area contributed by atoms with E-state index in [0.717, 1.165) is 17.7 Å². The maximum Gasteiger partial charge on any atom is 0.255 e. The van der Waals surface area contributed by atoms with E-state index in [9.17, 15) is 9.59 Å². The van der Waals surface area contributed by atoms with Crippen LogP contribution in [0.1, 0.15) is 35.9 Å². The van der Waals surface area contributed by atoms with Crippen molar-refractivity contribution >= 4 is 11.8 Å². The molecule has 2 amide bonds. The summed E-state index contributed by atoms with van der Waals surface area (Å²) in [7, 11) is 0. The van der Waals surface area contributed by atoms with Crippen LogP contribution in [0.15, 0.2) is 65.4 Å². The third-order valence-corrected chi connectivity index (χ3v) is 5.73. The van der Waals surface area contributed by atoms with Gasteiger partial charge in [-0.15, -0.1) is 0 Å². The molecule has 160 valence electrons. The van der Waals surface area contributed by atoms with Gasteiger partial charge in [-0.25, -0.2) is 0 Å². The summed E-state index contributed by atoms with van der Waals surface area (Å²) < 4.78 is 5.61. The average molecular weight is 418 g/mol. The maximum atomic E-state index is 13.2. The number of amides is 2. The number of hydrogen-bond donors (Lipinski definition) is 1. The van der Waals surface area contributed by atoms with Crippen molar-refractivity contribution in [3.63, 3.8) is 0 Å². The van der Waals surface area contributed by atoms with E-state index >= 15 is 0 Å². The third-order valence-electron chi connectivity index (χ3n) is 5.73. The lowest BCUT2D eigenvalue weighted by atomic mass is 9.75. The fourth-order valence-electron chi connectivity index (χ4n) is 4.21. The molecular weight excluding hydrogens is 392 g/mol. The van der Waals surface area contributed by atoms with Crippen LogP contribution in [0, 0.1) is 5.41 Å². The van der Waals surface area contributed by atoms with E-state index < -0.39 is 5.41 Å². The minimum atomic E-state index is -0.764. The number of carbonyl (C=O) groups excluding carboxylic acids is 2. The van der Waals surface area contributed by atoms with Gasteiger partial charge in [-0.2, -0.15) is 0 Å². The first-order valence-corrected chi connectivity index (χ1v) is 10.6. The highest BCUT2D eigenvalue weighted by molar-refractivity contribution is 5.94. The van der Waals surface area contributed by atoms with Gasteiger partial charge < -0.3 is 14.7 Å². The van der Waals surface area contributed by atoms with Gasteiger partial charge in [0.2, 0.25) is 5.91 Å². The average Bonchev–Trinajstić information content (AvgIpc) is 3.28. The van der Waals surface area contributed by atoms with Crippen LogP contribution in [-0.2, 0) is 11.2 Å². The van der Waals surface area contributed by atoms with Crippen LogP contribution in [0.25, 0.3) is 11.3 Å². The highest BCUT2D eigenvalue weighted by atomic mass is 16.5. The highest BCUT2D eigenvalue weighted by Gasteiger charge is 2.44. The molecule has 1 fully saturated rings. The molecule has 1 saturated heterocycles. The fraction of sp³-hybridized carbons (Fsp3) is 0.333. The molecule has 3 heterocycles. The minimum Gasteiger partial charge on any atom is -0.361 e. The fourth-order valence-corrected chi connectivity index (χ4v) is 4.21. The van der Waals surface area contributed by atoms with E-state index in [0.29, 0.717) is 43.8 Å². The Labute approximate surface area is 181 Å². The van der Waals surface area contributed by atoms with Crippen LogP contribution >= 0.6 is 0 Å². The van der Waals surface area contributed by atoms with Crippen molar-refractivity contribution in [2.45, 2.75) is 26.2 Å². The number of pyridine rings is 1. The lowest BCUT2D eigenvalue weighted by Crippen LogP contribution is -2.54. The predicted octanol–water partition coefficient (Wildman–Crippen LogP) is 3.34. The SMILES string of the molecule is CCNC(=O)C1(Cc2cc(-c3ccccc3)no2)CCCN(C(=O)c2cccnc2)C1. The van der Waals surface area contributed by atoms with Gasteiger partial charge in [0.25, 0.3) is 5.91 Å². The Kier molecular flexibility index (Phi) is 6.11. The maximum absolute atomic E-state index is 13.2. The molecule has 1 aliphatic heterocycles. The third kappa shape index (κ3) is 4.50. The smallest absolute Gasteiger partial charge is 0.255 e. The first kappa shape index (κ1) is 20.8. The molecular formula is C24H26N4O3. The van der Waals surface area contributed by atoms with Crippen molar-refractivity contribution in [3.8, 4) is 11.3 Å². The van der Waals surface area contributed by atoms with E-state index in [4.69, 9.17) is 4.52 Å². The van der Waals surface area contributed by atoms with E-state index in [1.165, 1.54) is 0 Å². The van der Waals surface area contributed by atoms with Gasteiger partial charge in [0, 0.05) is 50.1 Å². The summed E-state index contributed by atoms with van der Waals surface area (Å²) in [4.78, 5) is 32.0. The Morgan fingerprint density at radius 3 is 2.77 bits per heavy atom. The number of carbonyl (C=O) groups is 2. The Morgan fingerprint density at radius 2 is 2.03 bits per heavy atom. The number of piperidine rings is 1. The molecule has 3 aromatic rings. The zero-order valence-corrected chi connectivity index (χ0v) is 17.6. The summed E-state index contributed by atoms with van der Waals surface area (Å²) in [5, 5.41) is 7.16. The van der Waals surface area contributed by atoms with Gasteiger partial charge >= 0.3 is 0 Å². The van der Waals surface area contributed by atoms with Gasteiger partial charge in [0.05, 0.1) is 11.0 Å². The molecule has 4 rings (SSSR count). The number of rotatable bonds is 6. The van der Waals surface area contributed by atoms with Crippen LogP contribution in [0.3, 0.4) is 0 Å². The summed E-state index contributed by atoms with van der Waals surface area (Å²) in [6.07, 6.45) is 5.00. The lowest BCUT2D eigenvalue weighted by Gasteiger charge is -2.41. The van der Waals surface area contributed by atoms with Crippen LogP contribution < -0.4 is 5.32 Å². The van der Waals surface area contributed by atoms with E-state index in [1.807, 2.05) is 43.3 Å². The molecule has 0 saturated carbocycles. The molecule has 1 unspecified atom stereocenters. The molecule has 2 aromatic heterocycles. The second-order valence-corrected chi connectivity index (χ2v) is 7.93. The first-order valence-electron chi connectivity index (χ1n) is 10.6. The molecule has 0 radical (unpaired) electrons. The van der Waals surface area contributed by atoms with Crippen LogP contribution in [0.5, 0.6) is 0 Å². The summed E-state index contributed by atoms with van der Waals surface area (Å²) in [6.45, 7) is 3.37. The van der Waals surface area contributed by atoms with Crippen LogP contribution in [-0.4, -0.2) is 46.5 Å². The number of benzene rings is 1. The quantitative estimate of drug-likeness (QED) is 0.663. The second kappa shape index (κ2) is 9.12. The molecule has 1 aromatic carbocycles. The predicted molar refractivity (Wildman–Crippen MR) is 116 cm³/mol. The first-order chi connectivity index (χ1) is 15.1. The topological polar surface area (TPSA) is 88.3 Å². The molecule has 0 aliphatic carbocycles. The van der Waals surface area contributed by atoms with Crippen molar-refractivity contribution in [1.82, 2.24) is 20.4 Å². The van der Waals surface area contributed by atoms with E-state index in [2.05, 4.69) is 15.5 Å². The summed E-state index contributed by atoms with van der Waals surface area (Å²) >= 11 is 0. The Morgan fingerprint density at radius 1 is 1.19 bits per heavy atom. The number of nitrogens with zero attached hydrogens (tertiary/aromatic N) is 3. The van der Waals surface area contributed by atoms with Gasteiger partial charge in [0.15, 0.2) is 0 Å². The van der Waals surface area contributed by atoms with Crippen molar-refractivity contribution in [2.75, 3.05) is 19.6 Å². The Bertz CT molecular complexity index is 1040. The molecule has 1 aliphatic rings. The number of likely N-dealkylation sites (tertiary alicyclic amines) is 1. The summed E-state index contributed by atoms with van der Waals surface area (Å²) in [5.41, 5.74) is 1.46. The van der Waals surface area contributed by atoms with Gasteiger partial charge in [-0.1, -0.05) is 35.5 Å². The van der Waals surface area contributed by atoms with Gasteiger partial charge in [-0.3, -0.25) is 14.6 Å². The Balaban J connectivity index is 1.59. The highest BCUT2D eigenvalue weighted by Crippen LogP contribution is 2.35. The standard InChI is InChI=1S/C24H26N4O3/c1-2-26-23(30)24(15-20-14-21(27-31-20)18-8-4-3-5-9-18)11-7-13-28(17-24)22(29)19-10-6-12-25-16-19/h3-6,8-10,12,14,16H,2,7,11,13,15,17H2,1H3,(H,26,30). The van der Waals surface area contributed by atoms with Crippen molar-refractivity contribution in [3.05, 3.63) is 72.2 Å². The lowest BCUT2D eigenvalue weighted by molar-refractivity contribution is -0.133. The monoisotopic (exact) mass is 418 g/mol.